The summed E-state index contributed by atoms with van der Waals surface area (Å²) in [5, 5.41) is 9.46. The molecule has 0 aliphatic heterocycles. The molecule has 3 heteroatoms. The first-order valence-electron chi connectivity index (χ1n) is 4.14. The second-order valence-electron chi connectivity index (χ2n) is 2.75. The summed E-state index contributed by atoms with van der Waals surface area (Å²) in [6.45, 7) is 3.45. The lowest BCUT2D eigenvalue weighted by molar-refractivity contribution is -0.134. The third-order valence-electron chi connectivity index (χ3n) is 1.71. The Morgan fingerprint density at radius 1 is 1.54 bits per heavy atom. The van der Waals surface area contributed by atoms with Gasteiger partial charge in [0.2, 0.25) is 0 Å². The third-order valence-corrected chi connectivity index (χ3v) is 1.71. The van der Waals surface area contributed by atoms with Gasteiger partial charge >= 0.3 is 5.97 Å². The number of aryl methyl sites for hydroxylation is 1. The first kappa shape index (κ1) is 9.58. The van der Waals surface area contributed by atoms with E-state index in [1.165, 1.54) is 0 Å². The highest BCUT2D eigenvalue weighted by Crippen LogP contribution is 2.28. The Bertz CT molecular complexity index is 318. The number of carbonyl (C=O) groups excluding carboxylic acids is 1. The lowest BCUT2D eigenvalue weighted by Gasteiger charge is -2.06. The van der Waals surface area contributed by atoms with E-state index in [1.807, 2.05) is 0 Å². The number of rotatable bonds is 2. The van der Waals surface area contributed by atoms with Crippen molar-refractivity contribution in [2.24, 2.45) is 0 Å². The van der Waals surface area contributed by atoms with Crippen LogP contribution >= 0.6 is 0 Å². The normalized spacial score (nSPS) is 9.69. The fourth-order valence-corrected chi connectivity index (χ4v) is 0.909. The van der Waals surface area contributed by atoms with E-state index in [0.717, 1.165) is 0 Å². The van der Waals surface area contributed by atoms with Gasteiger partial charge in [-0.2, -0.15) is 0 Å². The van der Waals surface area contributed by atoms with Crippen LogP contribution in [0.3, 0.4) is 0 Å². The van der Waals surface area contributed by atoms with E-state index < -0.39 is 0 Å². The summed E-state index contributed by atoms with van der Waals surface area (Å²) in [6, 6.07) is 5.04. The molecule has 0 aromatic heterocycles. The Kier molecular flexibility index (Phi) is 2.90. The van der Waals surface area contributed by atoms with Gasteiger partial charge in [0.25, 0.3) is 0 Å². The molecule has 0 saturated carbocycles. The molecule has 0 saturated heterocycles. The fourth-order valence-electron chi connectivity index (χ4n) is 0.909. The number of para-hydroxylation sites is 1. The fraction of sp³-hybridized carbons (Fsp3) is 0.300. The maximum atomic E-state index is 10.9. The minimum atomic E-state index is -0.346. The lowest BCUT2D eigenvalue weighted by atomic mass is 10.2. The zero-order chi connectivity index (χ0) is 9.84. The SMILES string of the molecule is CCC(=O)Oc1cccc(C)c1O. The van der Waals surface area contributed by atoms with Crippen molar-refractivity contribution in [3.63, 3.8) is 0 Å². The van der Waals surface area contributed by atoms with Crippen molar-refractivity contribution >= 4 is 5.97 Å². The van der Waals surface area contributed by atoms with Crippen LogP contribution < -0.4 is 4.74 Å². The van der Waals surface area contributed by atoms with Gasteiger partial charge in [0.05, 0.1) is 0 Å². The molecule has 70 valence electrons. The highest BCUT2D eigenvalue weighted by Gasteiger charge is 2.07. The molecular weight excluding hydrogens is 168 g/mol. The van der Waals surface area contributed by atoms with Gasteiger partial charge in [-0.1, -0.05) is 19.1 Å². The maximum absolute atomic E-state index is 10.9. The second kappa shape index (κ2) is 3.94. The number of hydrogen-bond acceptors (Lipinski definition) is 3. The van der Waals surface area contributed by atoms with Crippen molar-refractivity contribution in [1.29, 1.82) is 0 Å². The molecule has 0 unspecified atom stereocenters. The van der Waals surface area contributed by atoms with Crippen molar-refractivity contribution in [3.8, 4) is 11.5 Å². The van der Waals surface area contributed by atoms with E-state index in [1.54, 1.807) is 32.0 Å². The Hall–Kier alpha value is -1.51. The molecule has 0 fully saturated rings. The van der Waals surface area contributed by atoms with Crippen LogP contribution in [0.5, 0.6) is 11.5 Å². The minimum Gasteiger partial charge on any atom is -0.504 e. The van der Waals surface area contributed by atoms with E-state index in [4.69, 9.17) is 4.74 Å². The van der Waals surface area contributed by atoms with Crippen LogP contribution in [-0.4, -0.2) is 11.1 Å². The van der Waals surface area contributed by atoms with Crippen LogP contribution in [-0.2, 0) is 4.79 Å². The highest BCUT2D eigenvalue weighted by molar-refractivity contribution is 5.73. The van der Waals surface area contributed by atoms with Crippen molar-refractivity contribution in [1.82, 2.24) is 0 Å². The number of phenols is 1. The number of carbonyl (C=O) groups is 1. The summed E-state index contributed by atoms with van der Waals surface area (Å²) in [5.74, 6) is -0.0861. The van der Waals surface area contributed by atoms with Gasteiger partial charge in [0, 0.05) is 6.42 Å². The number of ether oxygens (including phenoxy) is 1. The summed E-state index contributed by atoms with van der Waals surface area (Å²) >= 11 is 0. The predicted molar refractivity (Wildman–Crippen MR) is 48.8 cm³/mol. The summed E-state index contributed by atoms with van der Waals surface area (Å²) in [7, 11) is 0. The van der Waals surface area contributed by atoms with E-state index >= 15 is 0 Å². The molecule has 1 aromatic carbocycles. The topological polar surface area (TPSA) is 46.5 Å². The van der Waals surface area contributed by atoms with E-state index in [2.05, 4.69) is 0 Å². The first-order chi connectivity index (χ1) is 6.15. The zero-order valence-corrected chi connectivity index (χ0v) is 7.70. The molecule has 0 atom stereocenters. The summed E-state index contributed by atoms with van der Waals surface area (Å²) < 4.78 is 4.89. The molecular formula is C10H12O3. The average molecular weight is 180 g/mol. The molecule has 1 aromatic rings. The van der Waals surface area contributed by atoms with Crippen LogP contribution in [0.1, 0.15) is 18.9 Å². The standard InChI is InChI=1S/C10H12O3/c1-3-9(11)13-8-6-4-5-7(2)10(8)12/h4-6,12H,3H2,1-2H3. The molecule has 0 aliphatic rings. The monoisotopic (exact) mass is 180 g/mol. The van der Waals surface area contributed by atoms with E-state index in [9.17, 15) is 9.90 Å². The van der Waals surface area contributed by atoms with Crippen LogP contribution in [0, 0.1) is 6.92 Å². The third kappa shape index (κ3) is 2.21. The number of hydrogen-bond donors (Lipinski definition) is 1. The van der Waals surface area contributed by atoms with Crippen LogP contribution in [0.15, 0.2) is 18.2 Å². The van der Waals surface area contributed by atoms with Gasteiger partial charge in [0.15, 0.2) is 11.5 Å². The van der Waals surface area contributed by atoms with Crippen LogP contribution in [0.25, 0.3) is 0 Å². The second-order valence-corrected chi connectivity index (χ2v) is 2.75. The molecule has 1 N–H and O–H groups in total. The molecule has 0 radical (unpaired) electrons. The van der Waals surface area contributed by atoms with Crippen molar-refractivity contribution < 1.29 is 14.6 Å². The molecule has 3 nitrogen and oxygen atoms in total. The molecule has 0 spiro atoms. The Morgan fingerprint density at radius 3 is 2.85 bits per heavy atom. The van der Waals surface area contributed by atoms with Crippen molar-refractivity contribution in [2.75, 3.05) is 0 Å². The highest BCUT2D eigenvalue weighted by atomic mass is 16.5. The van der Waals surface area contributed by atoms with Crippen molar-refractivity contribution in [2.45, 2.75) is 20.3 Å². The average Bonchev–Trinajstić information content (AvgIpc) is 2.13. The van der Waals surface area contributed by atoms with E-state index in [-0.39, 0.29) is 17.5 Å². The molecule has 0 heterocycles. The first-order valence-corrected chi connectivity index (χ1v) is 4.14. The smallest absolute Gasteiger partial charge is 0.311 e. The minimum absolute atomic E-state index is 0.0318. The molecule has 0 aliphatic carbocycles. The van der Waals surface area contributed by atoms with Gasteiger partial charge in [-0.3, -0.25) is 4.79 Å². The van der Waals surface area contributed by atoms with Gasteiger partial charge < -0.3 is 9.84 Å². The quantitative estimate of drug-likeness (QED) is 0.559. The van der Waals surface area contributed by atoms with Crippen LogP contribution in [0.2, 0.25) is 0 Å². The predicted octanol–water partition coefficient (Wildman–Crippen LogP) is 2.02. The van der Waals surface area contributed by atoms with Gasteiger partial charge in [-0.05, 0) is 18.6 Å². The van der Waals surface area contributed by atoms with Gasteiger partial charge in [-0.15, -0.1) is 0 Å². The van der Waals surface area contributed by atoms with E-state index in [0.29, 0.717) is 12.0 Å². The summed E-state index contributed by atoms with van der Waals surface area (Å²) in [4.78, 5) is 10.9. The molecule has 0 amide bonds. The van der Waals surface area contributed by atoms with Gasteiger partial charge in [0.1, 0.15) is 0 Å². The number of benzene rings is 1. The summed E-state index contributed by atoms with van der Waals surface area (Å²) in [6.07, 6.45) is 0.299. The number of phenolic OH excluding ortho intramolecular Hbond substituents is 1. The molecule has 1 rings (SSSR count). The largest absolute Gasteiger partial charge is 0.504 e. The van der Waals surface area contributed by atoms with Crippen molar-refractivity contribution in [3.05, 3.63) is 23.8 Å². The number of aromatic hydroxyl groups is 1. The summed E-state index contributed by atoms with van der Waals surface area (Å²) in [5.41, 5.74) is 0.696. The number of esters is 1. The molecule has 0 bridgehead atoms. The zero-order valence-electron chi connectivity index (χ0n) is 7.70. The van der Waals surface area contributed by atoms with Crippen LogP contribution in [0.4, 0.5) is 0 Å². The Balaban J connectivity index is 2.89. The maximum Gasteiger partial charge on any atom is 0.311 e. The molecule has 13 heavy (non-hydrogen) atoms. The lowest BCUT2D eigenvalue weighted by Crippen LogP contribution is -2.05. The Morgan fingerprint density at radius 2 is 2.23 bits per heavy atom. The Labute approximate surface area is 77.0 Å². The van der Waals surface area contributed by atoms with Gasteiger partial charge in [-0.25, -0.2) is 0 Å².